The Labute approximate surface area is 147 Å². The summed E-state index contributed by atoms with van der Waals surface area (Å²) < 4.78 is 1.00. The SMILES string of the molecule is Cc1ccc2c(NC(=O)c3sc4ccccc4c3Cl)cccc2n1. The second-order valence-electron chi connectivity index (χ2n) is 5.52. The summed E-state index contributed by atoms with van der Waals surface area (Å²) in [6, 6.07) is 17.4. The number of anilines is 1. The summed E-state index contributed by atoms with van der Waals surface area (Å²) in [6.07, 6.45) is 0. The fraction of sp³-hybridized carbons (Fsp3) is 0.0526. The molecular weight excluding hydrogens is 340 g/mol. The van der Waals surface area contributed by atoms with Crippen molar-refractivity contribution in [3.8, 4) is 0 Å². The molecule has 1 N–H and O–H groups in total. The molecule has 3 nitrogen and oxygen atoms in total. The predicted molar refractivity (Wildman–Crippen MR) is 101 cm³/mol. The van der Waals surface area contributed by atoms with Crippen molar-refractivity contribution in [1.29, 1.82) is 0 Å². The van der Waals surface area contributed by atoms with Gasteiger partial charge in [0.15, 0.2) is 0 Å². The number of fused-ring (bicyclic) bond motifs is 2. The normalized spacial score (nSPS) is 11.1. The molecule has 0 saturated carbocycles. The number of benzene rings is 2. The molecule has 0 fully saturated rings. The van der Waals surface area contributed by atoms with Gasteiger partial charge in [-0.2, -0.15) is 0 Å². The van der Waals surface area contributed by atoms with E-state index in [4.69, 9.17) is 11.6 Å². The third-order valence-electron chi connectivity index (χ3n) is 3.86. The van der Waals surface area contributed by atoms with Gasteiger partial charge in [-0.1, -0.05) is 35.9 Å². The molecule has 5 heteroatoms. The lowest BCUT2D eigenvalue weighted by Crippen LogP contribution is -2.11. The van der Waals surface area contributed by atoms with E-state index in [1.54, 1.807) is 0 Å². The Morgan fingerprint density at radius 3 is 2.71 bits per heavy atom. The number of aryl methyl sites for hydroxylation is 1. The van der Waals surface area contributed by atoms with Crippen molar-refractivity contribution >= 4 is 55.5 Å². The third-order valence-corrected chi connectivity index (χ3v) is 5.53. The van der Waals surface area contributed by atoms with Crippen molar-refractivity contribution in [3.63, 3.8) is 0 Å². The van der Waals surface area contributed by atoms with E-state index in [0.717, 1.165) is 32.4 Å². The van der Waals surface area contributed by atoms with Gasteiger partial charge in [-0.3, -0.25) is 9.78 Å². The molecule has 2 heterocycles. The molecule has 24 heavy (non-hydrogen) atoms. The van der Waals surface area contributed by atoms with Gasteiger partial charge < -0.3 is 5.32 Å². The van der Waals surface area contributed by atoms with Gasteiger partial charge in [-0.15, -0.1) is 11.3 Å². The lowest BCUT2D eigenvalue weighted by atomic mass is 10.1. The number of nitrogens with one attached hydrogen (secondary N) is 1. The Bertz CT molecular complexity index is 1090. The van der Waals surface area contributed by atoms with Crippen LogP contribution in [0.5, 0.6) is 0 Å². The summed E-state index contributed by atoms with van der Waals surface area (Å²) in [7, 11) is 0. The van der Waals surface area contributed by atoms with Crippen LogP contribution < -0.4 is 5.32 Å². The van der Waals surface area contributed by atoms with E-state index in [1.165, 1.54) is 11.3 Å². The molecule has 4 aromatic rings. The van der Waals surface area contributed by atoms with Crippen molar-refractivity contribution < 1.29 is 4.79 Å². The van der Waals surface area contributed by atoms with Crippen LogP contribution in [0.2, 0.25) is 5.02 Å². The zero-order valence-corrected chi connectivity index (χ0v) is 14.4. The molecule has 2 aromatic heterocycles. The maximum absolute atomic E-state index is 12.7. The van der Waals surface area contributed by atoms with Gasteiger partial charge >= 0.3 is 0 Å². The number of hydrogen-bond acceptors (Lipinski definition) is 3. The first-order valence-corrected chi connectivity index (χ1v) is 8.68. The van der Waals surface area contributed by atoms with Gasteiger partial charge in [0.05, 0.1) is 16.2 Å². The number of halogens is 1. The first kappa shape index (κ1) is 15.1. The number of carbonyl (C=O) groups is 1. The molecule has 0 saturated heterocycles. The van der Waals surface area contributed by atoms with Crippen molar-refractivity contribution in [2.45, 2.75) is 6.92 Å². The van der Waals surface area contributed by atoms with Crippen LogP contribution in [0, 0.1) is 6.92 Å². The Morgan fingerprint density at radius 1 is 1.04 bits per heavy atom. The molecular formula is C19H13ClN2OS. The Balaban J connectivity index is 1.75. The number of aromatic nitrogens is 1. The molecule has 0 spiro atoms. The predicted octanol–water partition coefficient (Wildman–Crippen LogP) is 5.66. The highest BCUT2D eigenvalue weighted by Crippen LogP contribution is 2.35. The molecule has 0 bridgehead atoms. The van der Waals surface area contributed by atoms with E-state index in [9.17, 15) is 4.79 Å². The summed E-state index contributed by atoms with van der Waals surface area (Å²) in [5, 5.41) is 5.29. The minimum atomic E-state index is -0.200. The average Bonchev–Trinajstić information content (AvgIpc) is 2.92. The number of pyridine rings is 1. The number of rotatable bonds is 2. The molecule has 2 aromatic carbocycles. The number of hydrogen-bond donors (Lipinski definition) is 1. The fourth-order valence-electron chi connectivity index (χ4n) is 2.71. The van der Waals surface area contributed by atoms with Gasteiger partial charge in [-0.25, -0.2) is 0 Å². The van der Waals surface area contributed by atoms with Crippen LogP contribution in [0.25, 0.3) is 21.0 Å². The van der Waals surface area contributed by atoms with E-state index < -0.39 is 0 Å². The number of nitrogens with zero attached hydrogens (tertiary/aromatic N) is 1. The van der Waals surface area contributed by atoms with Gasteiger partial charge in [0.1, 0.15) is 4.88 Å². The van der Waals surface area contributed by atoms with Crippen molar-refractivity contribution in [3.05, 3.63) is 70.2 Å². The molecule has 0 aliphatic heterocycles. The molecule has 0 radical (unpaired) electrons. The molecule has 0 atom stereocenters. The number of amides is 1. The van der Waals surface area contributed by atoms with E-state index in [0.29, 0.717) is 9.90 Å². The first-order chi connectivity index (χ1) is 11.6. The first-order valence-electron chi connectivity index (χ1n) is 7.48. The highest BCUT2D eigenvalue weighted by atomic mass is 35.5. The van der Waals surface area contributed by atoms with Crippen LogP contribution >= 0.6 is 22.9 Å². The smallest absolute Gasteiger partial charge is 0.267 e. The summed E-state index contributed by atoms with van der Waals surface area (Å²) in [5.41, 5.74) is 2.53. The maximum Gasteiger partial charge on any atom is 0.267 e. The molecule has 0 aliphatic carbocycles. The minimum absolute atomic E-state index is 0.200. The van der Waals surface area contributed by atoms with Crippen molar-refractivity contribution in [1.82, 2.24) is 4.98 Å². The number of carbonyl (C=O) groups excluding carboxylic acids is 1. The van der Waals surface area contributed by atoms with Crippen molar-refractivity contribution in [2.75, 3.05) is 5.32 Å². The van der Waals surface area contributed by atoms with Crippen LogP contribution in [0.4, 0.5) is 5.69 Å². The topological polar surface area (TPSA) is 42.0 Å². The quantitative estimate of drug-likeness (QED) is 0.505. The monoisotopic (exact) mass is 352 g/mol. The van der Waals surface area contributed by atoms with Crippen LogP contribution in [0.1, 0.15) is 15.4 Å². The summed E-state index contributed by atoms with van der Waals surface area (Å²) in [5.74, 6) is -0.200. The lowest BCUT2D eigenvalue weighted by molar-refractivity contribution is 0.103. The third kappa shape index (κ3) is 2.54. The van der Waals surface area contributed by atoms with E-state index in [1.807, 2.05) is 61.5 Å². The highest BCUT2D eigenvalue weighted by Gasteiger charge is 2.17. The summed E-state index contributed by atoms with van der Waals surface area (Å²) in [6.45, 7) is 1.95. The zero-order chi connectivity index (χ0) is 16.7. The molecule has 1 amide bonds. The molecule has 118 valence electrons. The highest BCUT2D eigenvalue weighted by molar-refractivity contribution is 7.21. The van der Waals surface area contributed by atoms with Gasteiger partial charge in [-0.05, 0) is 37.3 Å². The second kappa shape index (κ2) is 5.89. The fourth-order valence-corrected chi connectivity index (χ4v) is 4.12. The van der Waals surface area contributed by atoms with Crippen molar-refractivity contribution in [2.24, 2.45) is 0 Å². The Hall–Kier alpha value is -2.43. The average molecular weight is 353 g/mol. The Morgan fingerprint density at radius 2 is 1.88 bits per heavy atom. The second-order valence-corrected chi connectivity index (χ2v) is 6.95. The van der Waals surface area contributed by atoms with Crippen LogP contribution in [0.3, 0.4) is 0 Å². The van der Waals surface area contributed by atoms with E-state index >= 15 is 0 Å². The zero-order valence-electron chi connectivity index (χ0n) is 12.8. The molecule has 4 rings (SSSR count). The van der Waals surface area contributed by atoms with Gasteiger partial charge in [0.25, 0.3) is 5.91 Å². The van der Waals surface area contributed by atoms with Crippen LogP contribution in [-0.4, -0.2) is 10.9 Å². The molecule has 0 unspecified atom stereocenters. The summed E-state index contributed by atoms with van der Waals surface area (Å²) >= 11 is 7.79. The van der Waals surface area contributed by atoms with Gasteiger partial charge in [0, 0.05) is 21.2 Å². The number of thiophene rings is 1. The molecule has 0 aliphatic rings. The maximum atomic E-state index is 12.7. The van der Waals surface area contributed by atoms with Gasteiger partial charge in [0.2, 0.25) is 0 Å². The van der Waals surface area contributed by atoms with Crippen LogP contribution in [0.15, 0.2) is 54.6 Å². The standard InChI is InChI=1S/C19H13ClN2OS/c1-11-9-10-12-14(21-11)6-4-7-15(12)22-19(23)18-17(20)13-5-2-3-8-16(13)24-18/h2-10H,1H3,(H,22,23). The Kier molecular flexibility index (Phi) is 3.71. The lowest BCUT2D eigenvalue weighted by Gasteiger charge is -2.08. The summed E-state index contributed by atoms with van der Waals surface area (Å²) in [4.78, 5) is 17.7. The van der Waals surface area contributed by atoms with E-state index in [-0.39, 0.29) is 5.91 Å². The van der Waals surface area contributed by atoms with Crippen LogP contribution in [-0.2, 0) is 0 Å². The van der Waals surface area contributed by atoms with E-state index in [2.05, 4.69) is 10.3 Å². The minimum Gasteiger partial charge on any atom is -0.321 e. The largest absolute Gasteiger partial charge is 0.321 e.